The van der Waals surface area contributed by atoms with Gasteiger partial charge in [0.25, 0.3) is 0 Å². The molecular formula is C14H15ClN2O. The van der Waals surface area contributed by atoms with Crippen molar-refractivity contribution in [3.63, 3.8) is 0 Å². The number of ether oxygens (including phenoxy) is 1. The van der Waals surface area contributed by atoms with Gasteiger partial charge in [0.2, 0.25) is 5.88 Å². The van der Waals surface area contributed by atoms with Crippen LogP contribution in [0.4, 0.5) is 0 Å². The summed E-state index contributed by atoms with van der Waals surface area (Å²) in [5.74, 6) is 1.11. The van der Waals surface area contributed by atoms with E-state index >= 15 is 0 Å². The molecule has 0 atom stereocenters. The summed E-state index contributed by atoms with van der Waals surface area (Å²) in [4.78, 5) is 4.12. The van der Waals surface area contributed by atoms with Crippen LogP contribution in [-0.2, 0) is 13.0 Å². The van der Waals surface area contributed by atoms with Crippen molar-refractivity contribution in [2.45, 2.75) is 19.9 Å². The molecule has 2 N–H and O–H groups in total. The Bertz CT molecular complexity index is 526. The van der Waals surface area contributed by atoms with Crippen molar-refractivity contribution in [3.8, 4) is 11.6 Å². The van der Waals surface area contributed by atoms with Gasteiger partial charge in [-0.15, -0.1) is 0 Å². The molecule has 0 saturated carbocycles. The molecule has 0 saturated heterocycles. The molecule has 0 radical (unpaired) electrons. The largest absolute Gasteiger partial charge is 0.438 e. The number of nitrogens with zero attached hydrogens (tertiary/aromatic N) is 1. The second-order valence-corrected chi connectivity index (χ2v) is 4.27. The molecular weight excluding hydrogens is 248 g/mol. The first kappa shape index (κ1) is 12.9. The fourth-order valence-electron chi connectivity index (χ4n) is 1.60. The van der Waals surface area contributed by atoms with Crippen molar-refractivity contribution in [2.24, 2.45) is 5.73 Å². The standard InChI is InChI=1S/C14H15ClN2O/c1-2-10-3-5-12(6-4-10)18-14-13(15)11(9-16)7-8-17-14/h3-8H,2,9,16H2,1H3. The highest BCUT2D eigenvalue weighted by Gasteiger charge is 2.08. The molecule has 4 heteroatoms. The highest BCUT2D eigenvalue weighted by molar-refractivity contribution is 6.32. The maximum absolute atomic E-state index is 6.15. The zero-order chi connectivity index (χ0) is 13.0. The second kappa shape index (κ2) is 5.85. The Morgan fingerprint density at radius 1 is 1.22 bits per heavy atom. The number of halogens is 1. The molecule has 0 bridgehead atoms. The van der Waals surface area contributed by atoms with Gasteiger partial charge in [-0.25, -0.2) is 4.98 Å². The first-order valence-corrected chi connectivity index (χ1v) is 6.22. The molecule has 94 valence electrons. The van der Waals surface area contributed by atoms with Crippen molar-refractivity contribution >= 4 is 11.6 Å². The van der Waals surface area contributed by atoms with Crippen LogP contribution < -0.4 is 10.5 Å². The molecule has 0 amide bonds. The van der Waals surface area contributed by atoms with Gasteiger partial charge in [0.1, 0.15) is 10.8 Å². The molecule has 2 aromatic rings. The Kier molecular flexibility index (Phi) is 4.18. The van der Waals surface area contributed by atoms with Crippen LogP contribution in [0.2, 0.25) is 5.02 Å². The van der Waals surface area contributed by atoms with Gasteiger partial charge in [-0.05, 0) is 35.7 Å². The smallest absolute Gasteiger partial charge is 0.238 e. The van der Waals surface area contributed by atoms with Crippen LogP contribution in [0.25, 0.3) is 0 Å². The molecule has 2 rings (SSSR count). The van der Waals surface area contributed by atoms with Crippen LogP contribution in [-0.4, -0.2) is 4.98 Å². The summed E-state index contributed by atoms with van der Waals surface area (Å²) < 4.78 is 5.65. The van der Waals surface area contributed by atoms with Gasteiger partial charge < -0.3 is 10.5 Å². The summed E-state index contributed by atoms with van der Waals surface area (Å²) in [7, 11) is 0. The predicted octanol–water partition coefficient (Wildman–Crippen LogP) is 3.55. The SMILES string of the molecule is CCc1ccc(Oc2nccc(CN)c2Cl)cc1. The first-order valence-electron chi connectivity index (χ1n) is 5.84. The Balaban J connectivity index is 2.22. The zero-order valence-electron chi connectivity index (χ0n) is 10.2. The molecule has 1 aromatic heterocycles. The van der Waals surface area contributed by atoms with E-state index in [4.69, 9.17) is 22.1 Å². The van der Waals surface area contributed by atoms with Crippen molar-refractivity contribution in [1.29, 1.82) is 0 Å². The number of benzene rings is 1. The Morgan fingerprint density at radius 3 is 2.56 bits per heavy atom. The lowest BCUT2D eigenvalue weighted by Crippen LogP contribution is -1.99. The number of pyridine rings is 1. The van der Waals surface area contributed by atoms with Gasteiger partial charge in [-0.1, -0.05) is 30.7 Å². The summed E-state index contributed by atoms with van der Waals surface area (Å²) in [6.07, 6.45) is 2.64. The third kappa shape index (κ3) is 2.81. The van der Waals surface area contributed by atoms with Crippen LogP contribution in [0.1, 0.15) is 18.1 Å². The third-order valence-electron chi connectivity index (χ3n) is 2.70. The average molecular weight is 263 g/mol. The van der Waals surface area contributed by atoms with Gasteiger partial charge >= 0.3 is 0 Å². The van der Waals surface area contributed by atoms with E-state index in [9.17, 15) is 0 Å². The van der Waals surface area contributed by atoms with Crippen molar-refractivity contribution in [1.82, 2.24) is 4.98 Å². The Morgan fingerprint density at radius 2 is 1.94 bits per heavy atom. The van der Waals surface area contributed by atoms with Gasteiger partial charge in [0, 0.05) is 12.7 Å². The molecule has 0 fully saturated rings. The summed E-state index contributed by atoms with van der Waals surface area (Å²) >= 11 is 6.15. The molecule has 3 nitrogen and oxygen atoms in total. The summed E-state index contributed by atoms with van der Waals surface area (Å²) in [5.41, 5.74) is 7.67. The predicted molar refractivity (Wildman–Crippen MR) is 73.0 cm³/mol. The molecule has 18 heavy (non-hydrogen) atoms. The average Bonchev–Trinajstić information content (AvgIpc) is 2.42. The maximum atomic E-state index is 6.15. The van der Waals surface area contributed by atoms with E-state index in [1.54, 1.807) is 12.3 Å². The highest BCUT2D eigenvalue weighted by atomic mass is 35.5. The number of hydrogen-bond acceptors (Lipinski definition) is 3. The third-order valence-corrected chi connectivity index (χ3v) is 3.11. The number of hydrogen-bond donors (Lipinski definition) is 1. The molecule has 1 aromatic carbocycles. The lowest BCUT2D eigenvalue weighted by molar-refractivity contribution is 0.462. The van der Waals surface area contributed by atoms with Crippen LogP contribution in [0, 0.1) is 0 Å². The van der Waals surface area contributed by atoms with Gasteiger partial charge in [0.05, 0.1) is 0 Å². The van der Waals surface area contributed by atoms with E-state index in [1.165, 1.54) is 5.56 Å². The van der Waals surface area contributed by atoms with Crippen LogP contribution in [0.5, 0.6) is 11.6 Å². The second-order valence-electron chi connectivity index (χ2n) is 3.89. The monoisotopic (exact) mass is 262 g/mol. The molecule has 0 unspecified atom stereocenters. The van der Waals surface area contributed by atoms with E-state index in [1.807, 2.05) is 24.3 Å². The Hall–Kier alpha value is -1.58. The maximum Gasteiger partial charge on any atom is 0.238 e. The first-order chi connectivity index (χ1) is 8.74. The number of rotatable bonds is 4. The lowest BCUT2D eigenvalue weighted by Gasteiger charge is -2.09. The fraction of sp³-hybridized carbons (Fsp3) is 0.214. The van der Waals surface area contributed by atoms with Crippen LogP contribution in [0.3, 0.4) is 0 Å². The summed E-state index contributed by atoms with van der Waals surface area (Å²) in [6.45, 7) is 2.48. The van der Waals surface area contributed by atoms with Crippen LogP contribution >= 0.6 is 11.6 Å². The highest BCUT2D eigenvalue weighted by Crippen LogP contribution is 2.29. The quantitative estimate of drug-likeness (QED) is 0.917. The van der Waals surface area contributed by atoms with Crippen LogP contribution in [0.15, 0.2) is 36.5 Å². The zero-order valence-corrected chi connectivity index (χ0v) is 10.9. The molecule has 0 aliphatic carbocycles. The van der Waals surface area contributed by atoms with Crippen molar-refractivity contribution < 1.29 is 4.74 Å². The minimum absolute atomic E-state index is 0.368. The van der Waals surface area contributed by atoms with Gasteiger partial charge in [-0.3, -0.25) is 0 Å². The molecule has 1 heterocycles. The lowest BCUT2D eigenvalue weighted by atomic mass is 10.2. The van der Waals surface area contributed by atoms with Crippen molar-refractivity contribution in [3.05, 3.63) is 52.7 Å². The topological polar surface area (TPSA) is 48.1 Å². The minimum Gasteiger partial charge on any atom is -0.438 e. The number of aromatic nitrogens is 1. The normalized spacial score (nSPS) is 10.4. The van der Waals surface area contributed by atoms with Crippen molar-refractivity contribution in [2.75, 3.05) is 0 Å². The minimum atomic E-state index is 0.368. The molecule has 0 spiro atoms. The number of nitrogens with two attached hydrogens (primary N) is 1. The Labute approximate surface area is 112 Å². The molecule has 0 aliphatic heterocycles. The van der Waals surface area contributed by atoms with E-state index in [2.05, 4.69) is 11.9 Å². The summed E-state index contributed by atoms with van der Waals surface area (Å²) in [6, 6.07) is 9.65. The van der Waals surface area contributed by atoms with Gasteiger partial charge in [0.15, 0.2) is 0 Å². The van der Waals surface area contributed by atoms with E-state index in [0.717, 1.165) is 17.7 Å². The van der Waals surface area contributed by atoms with E-state index in [-0.39, 0.29) is 0 Å². The van der Waals surface area contributed by atoms with E-state index in [0.29, 0.717) is 17.4 Å². The molecule has 0 aliphatic rings. The fourth-order valence-corrected chi connectivity index (χ4v) is 1.82. The number of aryl methyl sites for hydroxylation is 1. The van der Waals surface area contributed by atoms with Gasteiger partial charge in [-0.2, -0.15) is 0 Å². The van der Waals surface area contributed by atoms with E-state index < -0.39 is 0 Å². The summed E-state index contributed by atoms with van der Waals surface area (Å²) in [5, 5.41) is 0.472.